The van der Waals surface area contributed by atoms with E-state index >= 15 is 0 Å². The third-order valence-corrected chi connectivity index (χ3v) is 0.965. The molecule has 0 rings (SSSR count). The van der Waals surface area contributed by atoms with Gasteiger partial charge in [0.1, 0.15) is 0 Å². The quantitative estimate of drug-likeness (QED) is 0.268. The Morgan fingerprint density at radius 1 is 1.80 bits per heavy atom. The highest BCUT2D eigenvalue weighted by Crippen LogP contribution is 2.11. The van der Waals surface area contributed by atoms with Crippen LogP contribution in [0.4, 0.5) is 0 Å². The Labute approximate surface area is 59.1 Å². The number of allylic oxidation sites excluding steroid dienone is 1. The first kappa shape index (κ1) is 9.04. The fourth-order valence-corrected chi connectivity index (χ4v) is 0.485. The van der Waals surface area contributed by atoms with E-state index in [1.54, 1.807) is 6.92 Å². The summed E-state index contributed by atoms with van der Waals surface area (Å²) in [5.74, 6) is -0.683. The molecule has 0 bridgehead atoms. The summed E-state index contributed by atoms with van der Waals surface area (Å²) in [4.78, 5) is 20.0. The molecule has 0 aromatic carbocycles. The van der Waals surface area contributed by atoms with Crippen molar-refractivity contribution in [3.05, 3.63) is 22.3 Å². The van der Waals surface area contributed by atoms with Gasteiger partial charge in [-0.1, -0.05) is 6.08 Å². The van der Waals surface area contributed by atoms with Crippen LogP contribution < -0.4 is 0 Å². The summed E-state index contributed by atoms with van der Waals surface area (Å²) in [7, 11) is -1.000. The van der Waals surface area contributed by atoms with E-state index in [9.17, 15) is 14.9 Å². The van der Waals surface area contributed by atoms with Crippen LogP contribution in [0.3, 0.4) is 0 Å². The molecule has 0 aliphatic rings. The molecule has 0 radical (unpaired) electrons. The molecule has 0 saturated heterocycles. The number of rotatable bonds is 3. The first-order valence-corrected chi connectivity index (χ1v) is 3.26. The topological polar surface area (TPSA) is 69.4 Å². The third-order valence-electron chi connectivity index (χ3n) is 0.524. The average Bonchev–Trinajstić information content (AvgIpc) is 1.85. The zero-order chi connectivity index (χ0) is 7.98. The van der Waals surface area contributed by atoms with Crippen LogP contribution in [0.25, 0.3) is 0 Å². The van der Waals surface area contributed by atoms with E-state index < -0.39 is 19.6 Å². The number of nitro groups is 1. The van der Waals surface area contributed by atoms with Gasteiger partial charge in [-0.25, -0.2) is 4.79 Å². The summed E-state index contributed by atoms with van der Waals surface area (Å²) in [6.45, 7) is 1.62. The smallest absolute Gasteiger partial charge is 0.381 e. The predicted molar refractivity (Wildman–Crippen MR) is 36.2 cm³/mol. The highest BCUT2D eigenvalue weighted by molar-refractivity contribution is 7.25. The number of nitrogens with zero attached hydrogens (tertiary/aromatic N) is 1. The Balaban J connectivity index is 3.50. The predicted octanol–water partition coefficient (Wildman–Crippen LogP) is 0.891. The van der Waals surface area contributed by atoms with Crippen LogP contribution in [0.5, 0.6) is 0 Å². The molecule has 6 heteroatoms. The molecule has 0 aromatic rings. The lowest BCUT2D eigenvalue weighted by Crippen LogP contribution is -1.93. The fourth-order valence-electron chi connectivity index (χ4n) is 0.252. The maximum Gasteiger partial charge on any atom is 0.442 e. The second kappa shape index (κ2) is 4.88. The van der Waals surface area contributed by atoms with Gasteiger partial charge < -0.3 is 4.52 Å². The number of carbonyl (C=O) groups is 1. The van der Waals surface area contributed by atoms with Crippen molar-refractivity contribution in [1.82, 2.24) is 0 Å². The van der Waals surface area contributed by atoms with Crippen molar-refractivity contribution in [2.45, 2.75) is 6.92 Å². The van der Waals surface area contributed by atoms with E-state index in [4.69, 9.17) is 0 Å². The minimum Gasteiger partial charge on any atom is -0.381 e. The largest absolute Gasteiger partial charge is 0.442 e. The summed E-state index contributed by atoms with van der Waals surface area (Å²) in [6.07, 6.45) is 2.57. The molecule has 0 spiro atoms. The molecular weight excluding hydrogens is 157 g/mol. The molecule has 10 heavy (non-hydrogen) atoms. The van der Waals surface area contributed by atoms with Crippen LogP contribution in [0, 0.1) is 10.1 Å². The zero-order valence-electron chi connectivity index (χ0n) is 5.23. The standard InChI is InChI=1S/C4H6NO4P/c1-2-3-4(6)9-10-5(7)8/h2-3,10H,1H3/b3-2+. The van der Waals surface area contributed by atoms with Crippen LogP contribution >= 0.6 is 8.96 Å². The molecule has 0 amide bonds. The normalized spacial score (nSPS) is 10.9. The minimum atomic E-state index is -1.000. The first-order valence-electron chi connectivity index (χ1n) is 2.40. The van der Waals surface area contributed by atoms with Gasteiger partial charge in [0, 0.05) is 6.08 Å². The van der Waals surface area contributed by atoms with Gasteiger partial charge in [-0.3, -0.25) is 10.1 Å². The van der Waals surface area contributed by atoms with Gasteiger partial charge in [0.15, 0.2) is 0 Å². The molecule has 1 atom stereocenters. The Bertz CT molecular complexity index is 167. The van der Waals surface area contributed by atoms with E-state index in [0.29, 0.717) is 0 Å². The second-order valence-electron chi connectivity index (χ2n) is 1.27. The maximum atomic E-state index is 10.3. The van der Waals surface area contributed by atoms with Crippen LogP contribution in [0.15, 0.2) is 12.2 Å². The molecule has 0 fully saturated rings. The van der Waals surface area contributed by atoms with Crippen molar-refractivity contribution in [1.29, 1.82) is 0 Å². The zero-order valence-corrected chi connectivity index (χ0v) is 6.23. The molecule has 0 aliphatic heterocycles. The Morgan fingerprint density at radius 2 is 2.40 bits per heavy atom. The van der Waals surface area contributed by atoms with Gasteiger partial charge in [0.2, 0.25) is 0 Å². The van der Waals surface area contributed by atoms with E-state index in [-0.39, 0.29) is 0 Å². The van der Waals surface area contributed by atoms with Gasteiger partial charge in [0.05, 0.1) is 4.69 Å². The molecule has 56 valence electrons. The summed E-state index contributed by atoms with van der Waals surface area (Å²) in [5, 5.41) is 9.62. The molecule has 1 unspecified atom stereocenters. The SMILES string of the molecule is C/C=C/C(=O)OP[N+](=O)[O-]. The summed E-state index contributed by atoms with van der Waals surface area (Å²) < 4.78 is 3.45. The van der Waals surface area contributed by atoms with E-state index in [0.717, 1.165) is 6.08 Å². The molecule has 5 nitrogen and oxygen atoms in total. The molecule has 0 saturated carbocycles. The summed E-state index contributed by atoms with van der Waals surface area (Å²) >= 11 is 0. The summed E-state index contributed by atoms with van der Waals surface area (Å²) in [6, 6.07) is 0. The lowest BCUT2D eigenvalue weighted by atomic mass is 10.5. The molecular formula is C4H6NO4P. The van der Waals surface area contributed by atoms with E-state index in [1.165, 1.54) is 6.08 Å². The lowest BCUT2D eigenvalue weighted by Gasteiger charge is -1.89. The van der Waals surface area contributed by atoms with E-state index in [2.05, 4.69) is 4.52 Å². The third kappa shape index (κ3) is 5.18. The van der Waals surface area contributed by atoms with Crippen LogP contribution in [-0.4, -0.2) is 10.7 Å². The fraction of sp³-hybridized carbons (Fsp3) is 0.250. The highest BCUT2D eigenvalue weighted by atomic mass is 31.1. The van der Waals surface area contributed by atoms with Crippen LogP contribution in [0.2, 0.25) is 0 Å². The molecule has 0 N–H and O–H groups in total. The number of hydrogen-bond acceptors (Lipinski definition) is 4. The van der Waals surface area contributed by atoms with Crippen LogP contribution in [-0.2, 0) is 9.32 Å². The molecule has 0 aliphatic carbocycles. The average molecular weight is 163 g/mol. The first-order chi connectivity index (χ1) is 4.66. The Hall–Kier alpha value is -0.960. The molecule has 0 aromatic heterocycles. The number of carbonyl (C=O) groups excluding carboxylic acids is 1. The van der Waals surface area contributed by atoms with Crippen molar-refractivity contribution in [3.63, 3.8) is 0 Å². The summed E-state index contributed by atoms with van der Waals surface area (Å²) in [5.41, 5.74) is 0. The lowest BCUT2D eigenvalue weighted by molar-refractivity contribution is -0.306. The van der Waals surface area contributed by atoms with Gasteiger partial charge in [-0.15, -0.1) is 0 Å². The number of hydrogen-bond donors (Lipinski definition) is 0. The molecule has 0 heterocycles. The van der Waals surface area contributed by atoms with Crippen molar-refractivity contribution in [2.24, 2.45) is 0 Å². The maximum absolute atomic E-state index is 10.3. The van der Waals surface area contributed by atoms with Crippen molar-refractivity contribution in [3.8, 4) is 0 Å². The minimum absolute atomic E-state index is 0.683. The van der Waals surface area contributed by atoms with Crippen molar-refractivity contribution < 1.29 is 14.0 Å². The van der Waals surface area contributed by atoms with Crippen LogP contribution in [0.1, 0.15) is 6.92 Å². The van der Waals surface area contributed by atoms with Gasteiger partial charge in [-0.05, 0) is 6.92 Å². The Kier molecular flexibility index (Phi) is 4.41. The van der Waals surface area contributed by atoms with Gasteiger partial charge in [0.25, 0.3) is 0 Å². The van der Waals surface area contributed by atoms with Crippen molar-refractivity contribution in [2.75, 3.05) is 0 Å². The van der Waals surface area contributed by atoms with Crippen molar-refractivity contribution >= 4 is 14.9 Å². The van der Waals surface area contributed by atoms with Gasteiger partial charge >= 0.3 is 14.9 Å². The Morgan fingerprint density at radius 3 is 2.80 bits per heavy atom. The van der Waals surface area contributed by atoms with E-state index in [1.807, 2.05) is 0 Å². The van der Waals surface area contributed by atoms with Gasteiger partial charge in [-0.2, -0.15) is 0 Å². The second-order valence-corrected chi connectivity index (χ2v) is 2.02. The highest BCUT2D eigenvalue weighted by Gasteiger charge is 2.02. The monoisotopic (exact) mass is 163 g/mol.